The minimum atomic E-state index is -0.850. The minimum Gasteiger partial charge on any atom is -0.497 e. The molecule has 0 bridgehead atoms. The number of nitro benzene ring substituents is 1. The summed E-state index contributed by atoms with van der Waals surface area (Å²) < 4.78 is 11.1. The number of fused-ring (bicyclic) bond motifs is 1. The van der Waals surface area contributed by atoms with Gasteiger partial charge in [0.2, 0.25) is 0 Å². The van der Waals surface area contributed by atoms with Crippen LogP contribution in [0.2, 0.25) is 0 Å². The molecule has 31 heavy (non-hydrogen) atoms. The second kappa shape index (κ2) is 8.36. The molecule has 1 heterocycles. The quantitative estimate of drug-likeness (QED) is 0.437. The zero-order chi connectivity index (χ0) is 22.2. The van der Waals surface area contributed by atoms with Gasteiger partial charge in [0.05, 0.1) is 24.1 Å². The molecule has 0 unspecified atom stereocenters. The molecule has 166 valence electrons. The Hall–Kier alpha value is -2.84. The Morgan fingerprint density at radius 2 is 1.97 bits per heavy atom. The van der Waals surface area contributed by atoms with E-state index >= 15 is 0 Å². The van der Waals surface area contributed by atoms with Crippen LogP contribution in [0.15, 0.2) is 36.4 Å². The van der Waals surface area contributed by atoms with Crippen molar-refractivity contribution >= 4 is 11.4 Å². The van der Waals surface area contributed by atoms with Crippen molar-refractivity contribution in [3.63, 3.8) is 0 Å². The number of aliphatic hydroxyl groups is 1. The van der Waals surface area contributed by atoms with Crippen molar-refractivity contribution in [3.05, 3.63) is 57.6 Å². The van der Waals surface area contributed by atoms with Crippen molar-refractivity contribution in [3.8, 4) is 11.5 Å². The van der Waals surface area contributed by atoms with Crippen molar-refractivity contribution in [2.24, 2.45) is 0 Å². The Labute approximate surface area is 181 Å². The first-order valence-corrected chi connectivity index (χ1v) is 10.6. The Balaban J connectivity index is 1.58. The number of aliphatic hydroxyl groups excluding tert-OH is 1. The Bertz CT molecular complexity index is 956. The van der Waals surface area contributed by atoms with Gasteiger partial charge in [0.15, 0.2) is 0 Å². The van der Waals surface area contributed by atoms with Gasteiger partial charge in [-0.05, 0) is 56.9 Å². The third kappa shape index (κ3) is 4.60. The molecule has 0 saturated heterocycles. The van der Waals surface area contributed by atoms with Gasteiger partial charge in [-0.15, -0.1) is 0 Å². The lowest BCUT2D eigenvalue weighted by molar-refractivity contribution is -0.384. The highest BCUT2D eigenvalue weighted by atomic mass is 16.6. The summed E-state index contributed by atoms with van der Waals surface area (Å²) in [6.07, 6.45) is 2.07. The van der Waals surface area contributed by atoms with Crippen LogP contribution in [-0.2, 0) is 6.42 Å². The van der Waals surface area contributed by atoms with Crippen LogP contribution in [-0.4, -0.2) is 41.4 Å². The second-order valence-corrected chi connectivity index (χ2v) is 8.76. The lowest BCUT2D eigenvalue weighted by atomic mass is 9.86. The fourth-order valence-corrected chi connectivity index (χ4v) is 3.94. The van der Waals surface area contributed by atoms with Gasteiger partial charge in [-0.3, -0.25) is 10.1 Å². The van der Waals surface area contributed by atoms with Crippen LogP contribution in [0.5, 0.6) is 11.5 Å². The zero-order valence-electron chi connectivity index (χ0n) is 18.1. The van der Waals surface area contributed by atoms with Crippen LogP contribution in [0.25, 0.3) is 0 Å². The molecule has 1 fully saturated rings. The molecule has 3 N–H and O–H groups in total. The van der Waals surface area contributed by atoms with Crippen LogP contribution >= 0.6 is 0 Å². The van der Waals surface area contributed by atoms with Gasteiger partial charge >= 0.3 is 0 Å². The first-order chi connectivity index (χ1) is 14.8. The van der Waals surface area contributed by atoms with Crippen molar-refractivity contribution in [2.45, 2.75) is 56.9 Å². The van der Waals surface area contributed by atoms with E-state index in [9.17, 15) is 15.2 Å². The summed E-state index contributed by atoms with van der Waals surface area (Å²) in [6.45, 7) is 4.13. The third-order valence-corrected chi connectivity index (χ3v) is 5.94. The number of hydrogen-bond acceptors (Lipinski definition) is 7. The van der Waals surface area contributed by atoms with Gasteiger partial charge in [0, 0.05) is 18.2 Å². The number of benzene rings is 2. The molecule has 1 aliphatic carbocycles. The number of nitrogens with one attached hydrogen (secondary N) is 2. The Morgan fingerprint density at radius 3 is 2.58 bits per heavy atom. The number of ether oxygens (including phenoxy) is 2. The average Bonchev–Trinajstić information content (AvgIpc) is 3.56. The van der Waals surface area contributed by atoms with E-state index in [2.05, 4.69) is 10.6 Å². The maximum Gasteiger partial charge on any atom is 0.296 e. The topological polar surface area (TPSA) is 106 Å². The molecule has 8 nitrogen and oxygen atoms in total. The summed E-state index contributed by atoms with van der Waals surface area (Å²) in [7, 11) is 1.62. The van der Waals surface area contributed by atoms with Gasteiger partial charge in [-0.1, -0.05) is 12.1 Å². The number of nitro groups is 1. The molecule has 0 aromatic heterocycles. The van der Waals surface area contributed by atoms with Gasteiger partial charge in [0.25, 0.3) is 5.69 Å². The molecule has 2 aromatic rings. The smallest absolute Gasteiger partial charge is 0.296 e. The molecular formula is C23H29N3O5. The lowest BCUT2D eigenvalue weighted by Gasteiger charge is -2.42. The van der Waals surface area contributed by atoms with E-state index in [1.165, 1.54) is 6.07 Å². The van der Waals surface area contributed by atoms with Crippen LogP contribution in [0.3, 0.4) is 0 Å². The van der Waals surface area contributed by atoms with E-state index in [-0.39, 0.29) is 11.7 Å². The van der Waals surface area contributed by atoms with E-state index in [0.717, 1.165) is 29.7 Å². The van der Waals surface area contributed by atoms with Gasteiger partial charge in [0.1, 0.15) is 28.9 Å². The average molecular weight is 428 g/mol. The molecule has 2 atom stereocenters. The van der Waals surface area contributed by atoms with E-state index < -0.39 is 16.6 Å². The minimum absolute atomic E-state index is 0.0363. The predicted octanol–water partition coefficient (Wildman–Crippen LogP) is 3.58. The number of hydrogen-bond donors (Lipinski definition) is 3. The summed E-state index contributed by atoms with van der Waals surface area (Å²) in [6, 6.07) is 11.0. The highest BCUT2D eigenvalue weighted by molar-refractivity contribution is 5.67. The molecule has 0 radical (unpaired) electrons. The summed E-state index contributed by atoms with van der Waals surface area (Å²) in [5.74, 6) is 1.23. The highest BCUT2D eigenvalue weighted by Gasteiger charge is 2.45. The Morgan fingerprint density at radius 1 is 1.26 bits per heavy atom. The summed E-state index contributed by atoms with van der Waals surface area (Å²) >= 11 is 0. The van der Waals surface area contributed by atoms with E-state index in [4.69, 9.17) is 9.47 Å². The van der Waals surface area contributed by atoms with Crippen LogP contribution in [0.1, 0.15) is 43.9 Å². The fraction of sp³-hybridized carbons (Fsp3) is 0.478. The van der Waals surface area contributed by atoms with Crippen molar-refractivity contribution < 1.29 is 19.5 Å². The number of rotatable bonds is 8. The van der Waals surface area contributed by atoms with E-state index in [1.807, 2.05) is 24.3 Å². The molecule has 0 spiro atoms. The van der Waals surface area contributed by atoms with Crippen LogP contribution < -0.4 is 20.1 Å². The zero-order valence-corrected chi connectivity index (χ0v) is 18.1. The predicted molar refractivity (Wildman–Crippen MR) is 118 cm³/mol. The SMILES string of the molecule is COc1ccc(CCNc2cc3c(cc2[N+](=O)[O-])OC(C)(C)[C@H](O)[C@H]3NC2CC2)cc1. The first kappa shape index (κ1) is 21.4. The molecule has 1 saturated carbocycles. The monoisotopic (exact) mass is 427 g/mol. The molecule has 4 rings (SSSR count). The largest absolute Gasteiger partial charge is 0.497 e. The summed E-state index contributed by atoms with van der Waals surface area (Å²) in [5.41, 5.74) is 1.39. The molecule has 1 aliphatic heterocycles. The molecule has 0 amide bonds. The van der Waals surface area contributed by atoms with Gasteiger partial charge < -0.3 is 25.2 Å². The van der Waals surface area contributed by atoms with Gasteiger partial charge in [-0.25, -0.2) is 0 Å². The lowest BCUT2D eigenvalue weighted by Crippen LogP contribution is -2.53. The van der Waals surface area contributed by atoms with E-state index in [1.54, 1.807) is 27.0 Å². The van der Waals surface area contributed by atoms with Crippen molar-refractivity contribution in [2.75, 3.05) is 19.0 Å². The van der Waals surface area contributed by atoms with E-state index in [0.29, 0.717) is 30.4 Å². The third-order valence-electron chi connectivity index (χ3n) is 5.94. The molecule has 8 heteroatoms. The van der Waals surface area contributed by atoms with Crippen LogP contribution in [0.4, 0.5) is 11.4 Å². The molecule has 2 aliphatic rings. The van der Waals surface area contributed by atoms with Crippen molar-refractivity contribution in [1.29, 1.82) is 0 Å². The standard InChI is InChI=1S/C23H29N3O5/c1-23(2)22(27)21(25-15-6-7-15)17-12-18(19(26(28)29)13-20(17)31-23)24-11-10-14-4-8-16(30-3)9-5-14/h4-5,8-9,12-13,15,21-22,24-25,27H,6-7,10-11H2,1-3H3/t21-,22+/m0/s1. The number of nitrogens with zero attached hydrogens (tertiary/aromatic N) is 1. The first-order valence-electron chi connectivity index (χ1n) is 10.6. The molecular weight excluding hydrogens is 398 g/mol. The van der Waals surface area contributed by atoms with Crippen molar-refractivity contribution in [1.82, 2.24) is 5.32 Å². The Kier molecular flexibility index (Phi) is 5.77. The summed E-state index contributed by atoms with van der Waals surface area (Å²) in [5, 5.41) is 29.3. The number of anilines is 1. The highest BCUT2D eigenvalue weighted by Crippen LogP contribution is 2.45. The summed E-state index contributed by atoms with van der Waals surface area (Å²) in [4.78, 5) is 11.3. The normalized spacial score (nSPS) is 21.7. The maximum atomic E-state index is 11.7. The maximum absolute atomic E-state index is 11.7. The number of methoxy groups -OCH3 is 1. The van der Waals surface area contributed by atoms with Crippen LogP contribution in [0, 0.1) is 10.1 Å². The second-order valence-electron chi connectivity index (χ2n) is 8.76. The fourth-order valence-electron chi connectivity index (χ4n) is 3.94. The van der Waals surface area contributed by atoms with Gasteiger partial charge in [-0.2, -0.15) is 0 Å². The molecule has 2 aromatic carbocycles.